The lowest BCUT2D eigenvalue weighted by atomic mass is 10.1. The largest absolute Gasteiger partial charge is 0.334 e. The first-order valence-corrected chi connectivity index (χ1v) is 5.55. The van der Waals surface area contributed by atoms with Gasteiger partial charge in [0.15, 0.2) is 0 Å². The number of nitriles is 1. The molecule has 0 aromatic carbocycles. The first-order chi connectivity index (χ1) is 6.44. The van der Waals surface area contributed by atoms with Crippen LogP contribution in [0.15, 0.2) is 15.9 Å². The molecule has 74 valence electrons. The Kier molecular flexibility index (Phi) is 3.29. The van der Waals surface area contributed by atoms with Gasteiger partial charge in [-0.25, -0.2) is 0 Å². The van der Waals surface area contributed by atoms with Gasteiger partial charge in [0.05, 0.1) is 14.7 Å². The zero-order chi connectivity index (χ0) is 10.8. The van der Waals surface area contributed by atoms with E-state index in [9.17, 15) is 4.79 Å². The van der Waals surface area contributed by atoms with Crippen LogP contribution in [-0.4, -0.2) is 11.4 Å². The second-order valence-corrected chi connectivity index (χ2v) is 5.76. The highest BCUT2D eigenvalue weighted by molar-refractivity contribution is 9.11. The second-order valence-electron chi connectivity index (χ2n) is 3.29. The van der Waals surface area contributed by atoms with Gasteiger partial charge in [-0.1, -0.05) is 0 Å². The molecule has 1 N–H and O–H groups in total. The highest BCUT2D eigenvalue weighted by Crippen LogP contribution is 2.22. The van der Waals surface area contributed by atoms with Gasteiger partial charge in [-0.05, 0) is 41.9 Å². The van der Waals surface area contributed by atoms with Crippen molar-refractivity contribution < 1.29 is 4.79 Å². The normalized spacial score (nSPS) is 10.7. The lowest BCUT2D eigenvalue weighted by molar-refractivity contribution is 0.0933. The summed E-state index contributed by atoms with van der Waals surface area (Å²) in [6.45, 7) is 3.32. The summed E-state index contributed by atoms with van der Waals surface area (Å²) in [4.78, 5) is 12.2. The van der Waals surface area contributed by atoms with Crippen molar-refractivity contribution in [2.45, 2.75) is 19.4 Å². The Hall–Kier alpha value is -0.860. The molecule has 1 heterocycles. The first kappa shape index (κ1) is 11.2. The third-order valence-electron chi connectivity index (χ3n) is 1.50. The van der Waals surface area contributed by atoms with Crippen LogP contribution in [0.2, 0.25) is 0 Å². The van der Waals surface area contributed by atoms with E-state index >= 15 is 0 Å². The molecule has 0 fully saturated rings. The van der Waals surface area contributed by atoms with Crippen LogP contribution < -0.4 is 5.32 Å². The van der Waals surface area contributed by atoms with Crippen molar-refractivity contribution in [2.24, 2.45) is 0 Å². The molecule has 0 atom stereocenters. The summed E-state index contributed by atoms with van der Waals surface area (Å²) in [7, 11) is 0. The maximum atomic E-state index is 11.6. The van der Waals surface area contributed by atoms with Crippen LogP contribution in [0, 0.1) is 11.3 Å². The fourth-order valence-electron chi connectivity index (χ4n) is 0.810. The molecule has 3 nitrogen and oxygen atoms in total. The summed E-state index contributed by atoms with van der Waals surface area (Å²) >= 11 is 4.61. The van der Waals surface area contributed by atoms with Gasteiger partial charge in [0.25, 0.3) is 5.91 Å². The summed E-state index contributed by atoms with van der Waals surface area (Å²) in [5.74, 6) is -0.216. The fourth-order valence-corrected chi connectivity index (χ4v) is 2.09. The molecule has 0 saturated carbocycles. The molecule has 0 unspecified atom stereocenters. The summed E-state index contributed by atoms with van der Waals surface area (Å²) in [5.41, 5.74) is -0.826. The van der Waals surface area contributed by atoms with Crippen LogP contribution in [-0.2, 0) is 0 Å². The van der Waals surface area contributed by atoms with Crippen LogP contribution in [0.5, 0.6) is 0 Å². The smallest absolute Gasteiger partial charge is 0.262 e. The minimum absolute atomic E-state index is 0.216. The van der Waals surface area contributed by atoms with Crippen LogP contribution in [0.1, 0.15) is 23.5 Å². The van der Waals surface area contributed by atoms with Gasteiger partial charge < -0.3 is 5.32 Å². The molecule has 0 aliphatic heterocycles. The molecule has 1 aromatic heterocycles. The predicted octanol–water partition coefficient (Wildman–Crippen LogP) is 2.54. The minimum Gasteiger partial charge on any atom is -0.334 e. The Morgan fingerprint density at radius 1 is 1.64 bits per heavy atom. The van der Waals surface area contributed by atoms with Crippen molar-refractivity contribution in [3.63, 3.8) is 0 Å². The summed E-state index contributed by atoms with van der Waals surface area (Å²) in [5, 5.41) is 11.3. The van der Waals surface area contributed by atoms with E-state index in [0.29, 0.717) is 4.88 Å². The standard InChI is InChI=1S/C9H9BrN2OS/c1-9(2,5-11)12-8(13)6-3-4-7(10)14-6/h3-4H,1-2H3,(H,12,13). The molecule has 0 spiro atoms. The zero-order valence-electron chi connectivity index (χ0n) is 7.80. The van der Waals surface area contributed by atoms with E-state index in [1.54, 1.807) is 26.0 Å². The molecule has 1 aromatic rings. The highest BCUT2D eigenvalue weighted by atomic mass is 79.9. The van der Waals surface area contributed by atoms with E-state index in [2.05, 4.69) is 21.2 Å². The van der Waals surface area contributed by atoms with Gasteiger partial charge >= 0.3 is 0 Å². The molecule has 0 aliphatic rings. The lowest BCUT2D eigenvalue weighted by Gasteiger charge is -2.16. The number of rotatable bonds is 2. The second kappa shape index (κ2) is 4.11. The number of nitrogens with one attached hydrogen (secondary N) is 1. The molecule has 0 aliphatic carbocycles. The van der Waals surface area contributed by atoms with Gasteiger partial charge in [0.2, 0.25) is 0 Å². The zero-order valence-corrected chi connectivity index (χ0v) is 10.2. The maximum absolute atomic E-state index is 11.6. The summed E-state index contributed by atoms with van der Waals surface area (Å²) in [6.07, 6.45) is 0. The van der Waals surface area contributed by atoms with Crippen LogP contribution >= 0.6 is 27.3 Å². The van der Waals surface area contributed by atoms with Gasteiger partial charge in [-0.15, -0.1) is 11.3 Å². The molecule has 0 saturated heterocycles. The Morgan fingerprint density at radius 2 is 2.29 bits per heavy atom. The number of thiophene rings is 1. The van der Waals surface area contributed by atoms with E-state index in [4.69, 9.17) is 5.26 Å². The Bertz CT molecular complexity index is 392. The average Bonchev–Trinajstić information content (AvgIpc) is 2.51. The molecule has 1 rings (SSSR count). The minimum atomic E-state index is -0.826. The number of amides is 1. The van der Waals surface area contributed by atoms with Crippen LogP contribution in [0.25, 0.3) is 0 Å². The van der Waals surface area contributed by atoms with Gasteiger partial charge in [0, 0.05) is 0 Å². The van der Waals surface area contributed by atoms with E-state index in [1.807, 2.05) is 6.07 Å². The number of carbonyl (C=O) groups excluding carboxylic acids is 1. The first-order valence-electron chi connectivity index (χ1n) is 3.94. The Labute approximate surface area is 94.9 Å². The van der Waals surface area contributed by atoms with Crippen LogP contribution in [0.4, 0.5) is 0 Å². The van der Waals surface area contributed by atoms with Crippen molar-refractivity contribution in [2.75, 3.05) is 0 Å². The van der Waals surface area contributed by atoms with E-state index in [1.165, 1.54) is 11.3 Å². The predicted molar refractivity (Wildman–Crippen MR) is 59.2 cm³/mol. The SMILES string of the molecule is CC(C)(C#N)NC(=O)c1ccc(Br)s1. The average molecular weight is 273 g/mol. The molecular weight excluding hydrogens is 264 g/mol. The number of halogens is 1. The molecule has 1 amide bonds. The molecule has 0 radical (unpaired) electrons. The molecule has 5 heteroatoms. The van der Waals surface area contributed by atoms with Crippen LogP contribution in [0.3, 0.4) is 0 Å². The number of carbonyl (C=O) groups is 1. The topological polar surface area (TPSA) is 52.9 Å². The third-order valence-corrected chi connectivity index (χ3v) is 3.12. The van der Waals surface area contributed by atoms with Crippen molar-refractivity contribution >= 4 is 33.2 Å². The van der Waals surface area contributed by atoms with Crippen molar-refractivity contribution in [3.05, 3.63) is 20.8 Å². The molecular formula is C9H9BrN2OS. The fraction of sp³-hybridized carbons (Fsp3) is 0.333. The van der Waals surface area contributed by atoms with E-state index < -0.39 is 5.54 Å². The van der Waals surface area contributed by atoms with Crippen molar-refractivity contribution in [1.82, 2.24) is 5.32 Å². The number of nitrogens with zero attached hydrogens (tertiary/aromatic N) is 1. The summed E-state index contributed by atoms with van der Waals surface area (Å²) < 4.78 is 0.900. The molecule has 0 bridgehead atoms. The lowest BCUT2D eigenvalue weighted by Crippen LogP contribution is -2.41. The molecule has 14 heavy (non-hydrogen) atoms. The number of hydrogen-bond donors (Lipinski definition) is 1. The van der Waals surface area contributed by atoms with Crippen molar-refractivity contribution in [3.8, 4) is 6.07 Å². The summed E-state index contributed by atoms with van der Waals surface area (Å²) in [6, 6.07) is 5.53. The van der Waals surface area contributed by atoms with E-state index in [0.717, 1.165) is 3.79 Å². The Morgan fingerprint density at radius 3 is 2.71 bits per heavy atom. The van der Waals surface area contributed by atoms with E-state index in [-0.39, 0.29) is 5.91 Å². The van der Waals surface area contributed by atoms with Gasteiger partial charge in [-0.3, -0.25) is 4.79 Å². The monoisotopic (exact) mass is 272 g/mol. The number of hydrogen-bond acceptors (Lipinski definition) is 3. The van der Waals surface area contributed by atoms with Gasteiger partial charge in [0.1, 0.15) is 5.54 Å². The maximum Gasteiger partial charge on any atom is 0.262 e. The van der Waals surface area contributed by atoms with Gasteiger partial charge in [-0.2, -0.15) is 5.26 Å². The third kappa shape index (κ3) is 2.82. The van der Waals surface area contributed by atoms with Crippen molar-refractivity contribution in [1.29, 1.82) is 5.26 Å². The highest BCUT2D eigenvalue weighted by Gasteiger charge is 2.20. The Balaban J connectivity index is 2.74. The quantitative estimate of drug-likeness (QED) is 0.900.